The summed E-state index contributed by atoms with van der Waals surface area (Å²) in [5.41, 5.74) is -0.438. The molecule has 2 heterocycles. The van der Waals surface area contributed by atoms with Gasteiger partial charge in [0.05, 0.1) is 22.6 Å². The highest BCUT2D eigenvalue weighted by molar-refractivity contribution is 7.98. The van der Waals surface area contributed by atoms with Gasteiger partial charge in [-0.15, -0.1) is 11.8 Å². The summed E-state index contributed by atoms with van der Waals surface area (Å²) < 4.78 is 5.31. The van der Waals surface area contributed by atoms with E-state index in [0.29, 0.717) is 21.4 Å². The van der Waals surface area contributed by atoms with Crippen LogP contribution in [-0.2, 0) is 5.75 Å². The van der Waals surface area contributed by atoms with Crippen molar-refractivity contribution in [1.29, 1.82) is 5.26 Å². The van der Waals surface area contributed by atoms with Gasteiger partial charge in [0.15, 0.2) is 5.16 Å². The lowest BCUT2D eigenvalue weighted by molar-refractivity contribution is -0.384. The minimum atomic E-state index is -0.583. The maximum absolute atomic E-state index is 12.2. The van der Waals surface area contributed by atoms with E-state index in [1.165, 1.54) is 35.7 Å². The summed E-state index contributed by atoms with van der Waals surface area (Å²) in [5.74, 6) is 1.21. The molecule has 0 saturated heterocycles. The van der Waals surface area contributed by atoms with Gasteiger partial charge in [0, 0.05) is 22.6 Å². The van der Waals surface area contributed by atoms with E-state index in [4.69, 9.17) is 4.42 Å². The van der Waals surface area contributed by atoms with Crippen LogP contribution in [0.3, 0.4) is 0 Å². The number of hydrogen-bond acceptors (Lipinski definition) is 8. The van der Waals surface area contributed by atoms with Gasteiger partial charge in [-0.1, -0.05) is 11.8 Å². The molecule has 0 atom stereocenters. The van der Waals surface area contributed by atoms with Gasteiger partial charge < -0.3 is 9.40 Å². The Kier molecular flexibility index (Phi) is 5.63. The van der Waals surface area contributed by atoms with E-state index in [0.717, 1.165) is 5.76 Å². The Labute approximate surface area is 161 Å². The molecule has 3 aromatic rings. The molecule has 3 rings (SSSR count). The van der Waals surface area contributed by atoms with Crippen LogP contribution in [0.15, 0.2) is 55.9 Å². The van der Waals surface area contributed by atoms with Crippen molar-refractivity contribution >= 4 is 29.2 Å². The summed E-state index contributed by atoms with van der Waals surface area (Å²) in [5, 5.41) is 20.9. The van der Waals surface area contributed by atoms with Crippen molar-refractivity contribution in [3.05, 3.63) is 68.4 Å². The molecule has 0 amide bonds. The lowest BCUT2D eigenvalue weighted by Gasteiger charge is -2.10. The zero-order valence-corrected chi connectivity index (χ0v) is 15.6. The first-order chi connectivity index (χ1) is 13.0. The predicted molar refractivity (Wildman–Crippen MR) is 102 cm³/mol. The van der Waals surface area contributed by atoms with Crippen LogP contribution < -0.4 is 5.56 Å². The molecular formula is C17H12N4O4S2. The molecule has 8 nitrogen and oxygen atoms in total. The maximum Gasteiger partial charge on any atom is 0.270 e. The Morgan fingerprint density at radius 1 is 1.41 bits per heavy atom. The molecule has 0 saturated carbocycles. The molecular weight excluding hydrogens is 388 g/mol. The van der Waals surface area contributed by atoms with Crippen LogP contribution >= 0.6 is 23.5 Å². The summed E-state index contributed by atoms with van der Waals surface area (Å²) in [6, 6.07) is 9.72. The van der Waals surface area contributed by atoms with Crippen LogP contribution in [-0.4, -0.2) is 21.1 Å². The minimum Gasteiger partial charge on any atom is -0.468 e. The third-order valence-corrected chi connectivity index (χ3v) is 5.26. The summed E-state index contributed by atoms with van der Waals surface area (Å²) in [4.78, 5) is 30.4. The van der Waals surface area contributed by atoms with E-state index in [1.807, 2.05) is 12.1 Å². The van der Waals surface area contributed by atoms with E-state index in [9.17, 15) is 20.2 Å². The van der Waals surface area contributed by atoms with Crippen LogP contribution in [0, 0.1) is 21.4 Å². The van der Waals surface area contributed by atoms with Crippen molar-refractivity contribution in [3.8, 4) is 17.3 Å². The normalized spacial score (nSPS) is 10.5. The first-order valence-corrected chi connectivity index (χ1v) is 9.77. The van der Waals surface area contributed by atoms with E-state index in [-0.39, 0.29) is 16.9 Å². The molecule has 2 aromatic heterocycles. The third kappa shape index (κ3) is 4.05. The predicted octanol–water partition coefficient (Wildman–Crippen LogP) is 3.82. The van der Waals surface area contributed by atoms with E-state index in [1.54, 1.807) is 24.7 Å². The molecule has 1 aromatic carbocycles. The van der Waals surface area contributed by atoms with Crippen molar-refractivity contribution in [2.24, 2.45) is 0 Å². The van der Waals surface area contributed by atoms with Gasteiger partial charge in [0.2, 0.25) is 0 Å². The molecule has 0 aliphatic heterocycles. The first kappa shape index (κ1) is 18.8. The van der Waals surface area contributed by atoms with Crippen LogP contribution in [0.5, 0.6) is 0 Å². The summed E-state index contributed by atoms with van der Waals surface area (Å²) in [6.07, 6.45) is 3.29. The summed E-state index contributed by atoms with van der Waals surface area (Å²) >= 11 is 2.58. The highest BCUT2D eigenvalue weighted by Crippen LogP contribution is 2.36. The number of nitro groups is 1. The van der Waals surface area contributed by atoms with Crippen LogP contribution in [0.2, 0.25) is 0 Å². The number of hydrogen-bond donors (Lipinski definition) is 1. The fourth-order valence-corrected chi connectivity index (χ4v) is 3.65. The molecule has 0 fully saturated rings. The number of H-pyrrole nitrogens is 1. The van der Waals surface area contributed by atoms with Gasteiger partial charge in [-0.05, 0) is 24.5 Å². The SMILES string of the molecule is CSc1nc(-c2cc([N+](=O)[O-])ccc2SCc2ccco2)c(C#N)c(=O)[nH]1. The number of aromatic nitrogens is 2. The molecule has 0 spiro atoms. The zero-order chi connectivity index (χ0) is 19.4. The molecule has 27 heavy (non-hydrogen) atoms. The highest BCUT2D eigenvalue weighted by Gasteiger charge is 2.20. The van der Waals surface area contributed by atoms with Crippen molar-refractivity contribution in [1.82, 2.24) is 9.97 Å². The Balaban J connectivity index is 2.16. The second kappa shape index (κ2) is 8.11. The van der Waals surface area contributed by atoms with Gasteiger partial charge >= 0.3 is 0 Å². The van der Waals surface area contributed by atoms with Crippen LogP contribution in [0.4, 0.5) is 5.69 Å². The monoisotopic (exact) mass is 400 g/mol. The largest absolute Gasteiger partial charge is 0.468 e. The lowest BCUT2D eigenvalue weighted by Crippen LogP contribution is -2.14. The number of nitrogens with zero attached hydrogens (tertiary/aromatic N) is 3. The average molecular weight is 400 g/mol. The van der Waals surface area contributed by atoms with Gasteiger partial charge in [0.1, 0.15) is 17.4 Å². The number of furan rings is 1. The van der Waals surface area contributed by atoms with Gasteiger partial charge in [0.25, 0.3) is 11.2 Å². The van der Waals surface area contributed by atoms with Crippen LogP contribution in [0.1, 0.15) is 11.3 Å². The molecule has 0 unspecified atom stereocenters. The molecule has 0 radical (unpaired) electrons. The van der Waals surface area contributed by atoms with Crippen molar-refractivity contribution < 1.29 is 9.34 Å². The second-order valence-electron chi connectivity index (χ2n) is 5.22. The van der Waals surface area contributed by atoms with E-state index in [2.05, 4.69) is 9.97 Å². The van der Waals surface area contributed by atoms with Gasteiger partial charge in [-0.2, -0.15) is 5.26 Å². The number of nitriles is 1. The third-order valence-electron chi connectivity index (χ3n) is 3.58. The van der Waals surface area contributed by atoms with E-state index < -0.39 is 10.5 Å². The Morgan fingerprint density at radius 3 is 2.85 bits per heavy atom. The number of thioether (sulfide) groups is 2. The Morgan fingerprint density at radius 2 is 2.22 bits per heavy atom. The molecule has 10 heteroatoms. The summed E-state index contributed by atoms with van der Waals surface area (Å²) in [7, 11) is 0. The second-order valence-corrected chi connectivity index (χ2v) is 7.03. The zero-order valence-electron chi connectivity index (χ0n) is 14.0. The molecule has 0 bridgehead atoms. The van der Waals surface area contributed by atoms with Crippen molar-refractivity contribution in [3.63, 3.8) is 0 Å². The quantitative estimate of drug-likeness (QED) is 0.286. The maximum atomic E-state index is 12.2. The number of benzene rings is 1. The number of nitrogens with one attached hydrogen (secondary N) is 1. The van der Waals surface area contributed by atoms with E-state index >= 15 is 0 Å². The minimum absolute atomic E-state index is 0.122. The fourth-order valence-electron chi connectivity index (χ4n) is 2.33. The van der Waals surface area contributed by atoms with Gasteiger partial charge in [-0.25, -0.2) is 4.98 Å². The first-order valence-electron chi connectivity index (χ1n) is 7.56. The lowest BCUT2D eigenvalue weighted by atomic mass is 10.1. The average Bonchev–Trinajstić information content (AvgIpc) is 3.19. The van der Waals surface area contributed by atoms with Crippen LogP contribution in [0.25, 0.3) is 11.3 Å². The van der Waals surface area contributed by atoms with Gasteiger partial charge in [-0.3, -0.25) is 14.9 Å². The van der Waals surface area contributed by atoms with Crippen molar-refractivity contribution in [2.45, 2.75) is 15.8 Å². The fraction of sp³-hybridized carbons (Fsp3) is 0.118. The molecule has 136 valence electrons. The number of nitro benzene ring substituents is 1. The highest BCUT2D eigenvalue weighted by atomic mass is 32.2. The van der Waals surface area contributed by atoms with Crippen molar-refractivity contribution in [2.75, 3.05) is 6.26 Å². The molecule has 1 N–H and O–H groups in total. The Hall–Kier alpha value is -3.03. The summed E-state index contributed by atoms with van der Waals surface area (Å²) in [6.45, 7) is 0. The number of aromatic amines is 1. The molecule has 0 aliphatic carbocycles. The number of non-ortho nitro benzene ring substituents is 1. The topological polar surface area (TPSA) is 126 Å². The Bertz CT molecular complexity index is 1090. The smallest absolute Gasteiger partial charge is 0.270 e. The standard InChI is InChI=1S/C17H12N4O4S2/c1-26-17-19-15(13(8-18)16(22)20-17)12-7-10(21(23)24)4-5-14(12)27-9-11-3-2-6-25-11/h2-7H,9H2,1H3,(H,19,20,22). The number of rotatable bonds is 6. The molecule has 0 aliphatic rings.